The Morgan fingerprint density at radius 1 is 1.15 bits per heavy atom. The number of rotatable bonds is 6. The molecule has 3 rings (SSSR count). The minimum Gasteiger partial charge on any atom is -0.386 e. The molecular weight excluding hydrogens is 551 g/mol. The number of halogens is 3. The third kappa shape index (κ3) is 7.54. The first-order valence-electron chi connectivity index (χ1n) is 11.6. The van der Waals surface area contributed by atoms with Crippen LogP contribution in [0.4, 0.5) is 18.9 Å². The normalized spacial score (nSPS) is 14.7. The Balaban J connectivity index is 2.00. The van der Waals surface area contributed by atoms with Crippen molar-refractivity contribution in [3.63, 3.8) is 0 Å². The summed E-state index contributed by atoms with van der Waals surface area (Å²) in [5.41, 5.74) is 11.7. The predicted molar refractivity (Wildman–Crippen MR) is 142 cm³/mol. The van der Waals surface area contributed by atoms with E-state index in [-0.39, 0.29) is 23.8 Å². The second-order valence-electron chi connectivity index (χ2n) is 8.56. The van der Waals surface area contributed by atoms with E-state index in [1.807, 2.05) is 0 Å². The second kappa shape index (κ2) is 12.6. The Kier molecular flexibility index (Phi) is 9.43. The zero-order chi connectivity index (χ0) is 29.6. The molecule has 0 aliphatic carbocycles. The number of benzene rings is 2. The van der Waals surface area contributed by atoms with Gasteiger partial charge in [0, 0.05) is 12.6 Å². The monoisotopic (exact) mass is 575 g/mol. The van der Waals surface area contributed by atoms with Crippen LogP contribution in [0, 0.1) is 11.8 Å². The van der Waals surface area contributed by atoms with Crippen molar-refractivity contribution in [1.82, 2.24) is 4.90 Å². The number of nitrogens with two attached hydrogens (primary N) is 2. The van der Waals surface area contributed by atoms with E-state index in [1.54, 1.807) is 24.3 Å². The number of alkyl halides is 3. The molecule has 210 valence electrons. The van der Waals surface area contributed by atoms with Crippen molar-refractivity contribution < 1.29 is 37.1 Å². The van der Waals surface area contributed by atoms with E-state index < -0.39 is 54.2 Å². The van der Waals surface area contributed by atoms with Crippen molar-refractivity contribution in [1.29, 1.82) is 0 Å². The van der Waals surface area contributed by atoms with E-state index in [9.17, 15) is 32.3 Å². The molecule has 0 spiro atoms. The third-order valence-electron chi connectivity index (χ3n) is 5.72. The number of aliphatic imine (C=N–C) groups is 1. The van der Waals surface area contributed by atoms with Gasteiger partial charge in [-0.2, -0.15) is 25.8 Å². The second-order valence-corrected chi connectivity index (χ2v) is 9.18. The molecular formula is C26H24F3N5O5S. The molecule has 1 aliphatic rings. The zero-order valence-corrected chi connectivity index (χ0v) is 21.9. The van der Waals surface area contributed by atoms with Crippen molar-refractivity contribution >= 4 is 48.0 Å². The molecule has 2 atom stereocenters. The molecule has 0 aromatic heterocycles. The van der Waals surface area contributed by atoms with Crippen LogP contribution in [0.15, 0.2) is 53.5 Å². The van der Waals surface area contributed by atoms with Gasteiger partial charge in [0.05, 0.1) is 35.5 Å². The van der Waals surface area contributed by atoms with Gasteiger partial charge < -0.3 is 26.0 Å². The van der Waals surface area contributed by atoms with Gasteiger partial charge in [-0.15, -0.1) is 0 Å². The number of likely N-dealkylation sites (N-methyl/N-ethyl adjacent to an activating group) is 1. The fourth-order valence-electron chi connectivity index (χ4n) is 3.79. The number of fused-ring (bicyclic) bond motifs is 1. The van der Waals surface area contributed by atoms with E-state index >= 15 is 0 Å². The average Bonchev–Trinajstić information content (AvgIpc) is 2.99. The lowest BCUT2D eigenvalue weighted by atomic mass is 10.00. The number of guanidine groups is 1. The van der Waals surface area contributed by atoms with Gasteiger partial charge >= 0.3 is 18.1 Å². The largest absolute Gasteiger partial charge is 0.491 e. The van der Waals surface area contributed by atoms with Crippen molar-refractivity contribution in [3.8, 4) is 11.8 Å². The van der Waals surface area contributed by atoms with Gasteiger partial charge in [0.1, 0.15) is 6.54 Å². The molecule has 0 bridgehead atoms. The number of carbonyl (C=O) groups is 4. The molecule has 0 saturated carbocycles. The van der Waals surface area contributed by atoms with Gasteiger partial charge in [-0.3, -0.25) is 19.4 Å². The smallest absolute Gasteiger partial charge is 0.386 e. The van der Waals surface area contributed by atoms with E-state index in [1.165, 1.54) is 36.2 Å². The lowest BCUT2D eigenvalue weighted by molar-refractivity contribution is -0.202. The molecule has 2 aromatic rings. The van der Waals surface area contributed by atoms with Crippen LogP contribution in [0.5, 0.6) is 0 Å². The summed E-state index contributed by atoms with van der Waals surface area (Å²) in [5, 5.41) is -0.523. The minimum atomic E-state index is -5.39. The number of hydrogen-bond acceptors (Lipinski definition) is 7. The number of hydrogen-bond donors (Lipinski definition) is 3. The Labute approximate surface area is 232 Å². The van der Waals surface area contributed by atoms with Crippen molar-refractivity contribution in [2.45, 2.75) is 23.9 Å². The fourth-order valence-corrected chi connectivity index (χ4v) is 3.94. The van der Waals surface area contributed by atoms with Crippen LogP contribution in [0.1, 0.15) is 33.9 Å². The molecule has 4 N–H and O–H groups in total. The molecule has 0 fully saturated rings. The summed E-state index contributed by atoms with van der Waals surface area (Å²) >= 11 is 4.29. The molecule has 2 unspecified atom stereocenters. The summed E-state index contributed by atoms with van der Waals surface area (Å²) in [4.78, 5) is 56.6. The molecule has 2 amide bonds. The Morgan fingerprint density at radius 3 is 2.45 bits per heavy atom. The lowest BCUT2D eigenvalue weighted by Gasteiger charge is -2.30. The number of esters is 2. The predicted octanol–water partition coefficient (Wildman–Crippen LogP) is 1.79. The Hall–Kier alpha value is -4.51. The molecule has 14 heteroatoms. The summed E-state index contributed by atoms with van der Waals surface area (Å²) < 4.78 is 41.9. The summed E-state index contributed by atoms with van der Waals surface area (Å²) in [6.45, 7) is -0.388. The molecule has 1 aliphatic heterocycles. The van der Waals surface area contributed by atoms with Crippen LogP contribution >= 0.6 is 12.6 Å². The molecule has 2 aromatic carbocycles. The minimum absolute atomic E-state index is 0.0563. The first kappa shape index (κ1) is 30.0. The number of carbonyl (C=O) groups excluding carboxylic acids is 4. The fraction of sp³-hybridized carbons (Fsp3) is 0.269. The average molecular weight is 576 g/mol. The number of thiol groups is 1. The summed E-state index contributed by atoms with van der Waals surface area (Å²) in [6, 6.07) is 11.2. The van der Waals surface area contributed by atoms with Gasteiger partial charge in [-0.1, -0.05) is 42.2 Å². The first-order valence-corrected chi connectivity index (χ1v) is 12.1. The Bertz CT molecular complexity index is 1400. The number of anilines is 1. The molecule has 0 saturated heterocycles. The molecule has 1 heterocycles. The maximum absolute atomic E-state index is 13.8. The highest BCUT2D eigenvalue weighted by atomic mass is 32.1. The van der Waals surface area contributed by atoms with E-state index in [0.717, 1.165) is 4.90 Å². The first-order chi connectivity index (χ1) is 18.8. The summed E-state index contributed by atoms with van der Waals surface area (Å²) in [7, 11) is 1.45. The SMILES string of the molecule is CN1C(=O)CN(C(CC(=O)OC(=O)C(F)(F)F)c2ccccc2)C(=O)c2cc(C#CC(S)CN=C(N)N)ccc21. The molecule has 0 radical (unpaired) electrons. The highest BCUT2D eigenvalue weighted by molar-refractivity contribution is 7.81. The van der Waals surface area contributed by atoms with E-state index in [4.69, 9.17) is 11.5 Å². The van der Waals surface area contributed by atoms with E-state index in [2.05, 4.69) is 34.2 Å². The number of ether oxygens (including phenoxy) is 1. The number of nitrogens with zero attached hydrogens (tertiary/aromatic N) is 3. The highest BCUT2D eigenvalue weighted by Gasteiger charge is 2.43. The quantitative estimate of drug-likeness (QED) is 0.119. The maximum atomic E-state index is 13.8. The third-order valence-corrected chi connectivity index (χ3v) is 6.01. The summed E-state index contributed by atoms with van der Waals surface area (Å²) in [5.74, 6) is 0.150. The van der Waals surface area contributed by atoms with Crippen molar-refractivity contribution in [2.24, 2.45) is 16.5 Å². The van der Waals surface area contributed by atoms with Crippen LogP contribution < -0.4 is 16.4 Å². The van der Waals surface area contributed by atoms with Crippen LogP contribution in [0.2, 0.25) is 0 Å². The Morgan fingerprint density at radius 2 is 1.82 bits per heavy atom. The van der Waals surface area contributed by atoms with Crippen LogP contribution in [0.3, 0.4) is 0 Å². The molecule has 10 nitrogen and oxygen atoms in total. The highest BCUT2D eigenvalue weighted by Crippen LogP contribution is 2.33. The van der Waals surface area contributed by atoms with Gasteiger partial charge in [0.2, 0.25) is 5.91 Å². The van der Waals surface area contributed by atoms with E-state index in [0.29, 0.717) is 11.1 Å². The maximum Gasteiger partial charge on any atom is 0.491 e. The van der Waals surface area contributed by atoms with Gasteiger partial charge in [0.25, 0.3) is 5.91 Å². The van der Waals surface area contributed by atoms with Crippen LogP contribution in [-0.4, -0.2) is 66.2 Å². The number of amides is 2. The topological polar surface area (TPSA) is 148 Å². The summed E-state index contributed by atoms with van der Waals surface area (Å²) in [6.07, 6.45) is -6.21. The van der Waals surface area contributed by atoms with Gasteiger partial charge in [-0.05, 0) is 23.8 Å². The van der Waals surface area contributed by atoms with Crippen LogP contribution in [0.25, 0.3) is 0 Å². The van der Waals surface area contributed by atoms with Gasteiger partial charge in [-0.25, -0.2) is 4.79 Å². The van der Waals surface area contributed by atoms with Gasteiger partial charge in [0.15, 0.2) is 5.96 Å². The molecule has 40 heavy (non-hydrogen) atoms. The van der Waals surface area contributed by atoms with Crippen molar-refractivity contribution in [3.05, 3.63) is 65.2 Å². The lowest BCUT2D eigenvalue weighted by Crippen LogP contribution is -2.41. The zero-order valence-electron chi connectivity index (χ0n) is 21.0. The van der Waals surface area contributed by atoms with Crippen molar-refractivity contribution in [2.75, 3.05) is 25.0 Å². The van der Waals surface area contributed by atoms with Crippen LogP contribution in [-0.2, 0) is 19.1 Å². The standard InChI is InChI=1S/C26H24F3N5O5S/c1-33-19-10-8-15(7-9-17(40)13-32-25(30)31)11-18(19)23(37)34(14-21(33)35)20(16-5-3-2-4-6-16)12-22(36)39-24(38)26(27,28)29/h2-6,8,10-11,17,20,40H,12-14H2,1H3,(H4,30,31,32).